The van der Waals surface area contributed by atoms with Gasteiger partial charge < -0.3 is 4.74 Å². The predicted octanol–water partition coefficient (Wildman–Crippen LogP) is 4.51. The summed E-state index contributed by atoms with van der Waals surface area (Å²) in [6, 6.07) is 2.06. The molecule has 0 radical (unpaired) electrons. The molecular weight excluding hydrogens is 254 g/mol. The third kappa shape index (κ3) is 2.94. The summed E-state index contributed by atoms with van der Waals surface area (Å²) in [5.74, 6) is 0.382. The number of ether oxygens (including phenoxy) is 1. The molecule has 0 aliphatic carbocycles. The fraction of sp³-hybridized carbons (Fsp3) is 0.625. The summed E-state index contributed by atoms with van der Waals surface area (Å²) in [6.45, 7) is 14.1. The molecule has 4 heteroatoms. The molecule has 0 fully saturated rings. The number of nitro benzene ring substituents is 1. The van der Waals surface area contributed by atoms with Crippen LogP contribution in [-0.2, 0) is 10.8 Å². The Labute approximate surface area is 121 Å². The molecule has 112 valence electrons. The molecule has 0 aliphatic rings. The zero-order valence-electron chi connectivity index (χ0n) is 13.7. The number of nitrogens with zero attached hydrogens (tertiary/aromatic N) is 1. The van der Waals surface area contributed by atoms with E-state index >= 15 is 0 Å². The number of methoxy groups -OCH3 is 1. The van der Waals surface area contributed by atoms with E-state index in [2.05, 4.69) is 26.8 Å². The molecule has 0 amide bonds. The van der Waals surface area contributed by atoms with Gasteiger partial charge >= 0.3 is 5.69 Å². The monoisotopic (exact) mass is 279 g/mol. The summed E-state index contributed by atoms with van der Waals surface area (Å²) in [6.07, 6.45) is 0. The van der Waals surface area contributed by atoms with Gasteiger partial charge in [-0.25, -0.2) is 0 Å². The maximum atomic E-state index is 11.5. The second-order valence-corrected chi connectivity index (χ2v) is 7.24. The fourth-order valence-electron chi connectivity index (χ4n) is 2.51. The summed E-state index contributed by atoms with van der Waals surface area (Å²) in [7, 11) is 1.49. The maximum Gasteiger partial charge on any atom is 0.314 e. The van der Waals surface area contributed by atoms with Gasteiger partial charge in [0, 0.05) is 11.1 Å². The van der Waals surface area contributed by atoms with E-state index in [1.807, 2.05) is 20.8 Å². The Kier molecular flexibility index (Phi) is 4.18. The average molecular weight is 279 g/mol. The molecule has 1 aromatic carbocycles. The zero-order chi connectivity index (χ0) is 15.9. The molecular formula is C16H25NO3. The van der Waals surface area contributed by atoms with Gasteiger partial charge in [-0.15, -0.1) is 0 Å². The van der Waals surface area contributed by atoms with Crippen LogP contribution in [0.5, 0.6) is 5.75 Å². The SMILES string of the molecule is COc1c(C(C)(C)C)cc(C(C)(C)C)c(C)c1[N+](=O)[O-]. The Hall–Kier alpha value is -1.58. The Balaban J connectivity index is 3.88. The van der Waals surface area contributed by atoms with E-state index in [0.29, 0.717) is 11.3 Å². The summed E-state index contributed by atoms with van der Waals surface area (Å²) in [4.78, 5) is 11.2. The summed E-state index contributed by atoms with van der Waals surface area (Å²) in [5, 5.41) is 11.5. The molecule has 1 aromatic rings. The van der Waals surface area contributed by atoms with Crippen LogP contribution in [0.1, 0.15) is 58.2 Å². The number of nitro groups is 1. The van der Waals surface area contributed by atoms with Crippen molar-refractivity contribution in [2.75, 3.05) is 7.11 Å². The maximum absolute atomic E-state index is 11.5. The normalized spacial score (nSPS) is 12.4. The van der Waals surface area contributed by atoms with Crippen LogP contribution in [-0.4, -0.2) is 12.0 Å². The fourth-order valence-corrected chi connectivity index (χ4v) is 2.51. The molecule has 0 saturated heterocycles. The van der Waals surface area contributed by atoms with Gasteiger partial charge in [0.1, 0.15) is 0 Å². The minimum absolute atomic E-state index is 0.0878. The Morgan fingerprint density at radius 3 is 1.80 bits per heavy atom. The quantitative estimate of drug-likeness (QED) is 0.591. The molecule has 4 nitrogen and oxygen atoms in total. The van der Waals surface area contributed by atoms with Crippen LogP contribution in [0.2, 0.25) is 0 Å². The van der Waals surface area contributed by atoms with Gasteiger partial charge in [-0.3, -0.25) is 10.1 Å². The molecule has 0 aromatic heterocycles. The predicted molar refractivity (Wildman–Crippen MR) is 81.8 cm³/mol. The van der Waals surface area contributed by atoms with Crippen LogP contribution in [0.15, 0.2) is 6.07 Å². The van der Waals surface area contributed by atoms with E-state index in [0.717, 1.165) is 11.1 Å². The van der Waals surface area contributed by atoms with E-state index in [-0.39, 0.29) is 21.4 Å². The summed E-state index contributed by atoms with van der Waals surface area (Å²) in [5.41, 5.74) is 2.28. The number of benzene rings is 1. The average Bonchev–Trinajstić information content (AvgIpc) is 2.23. The first-order chi connectivity index (χ1) is 8.91. The number of hydrogen-bond donors (Lipinski definition) is 0. The number of rotatable bonds is 2. The van der Waals surface area contributed by atoms with Crippen molar-refractivity contribution < 1.29 is 9.66 Å². The van der Waals surface area contributed by atoms with Gasteiger partial charge in [-0.1, -0.05) is 47.6 Å². The molecule has 20 heavy (non-hydrogen) atoms. The molecule has 0 aliphatic heterocycles. The second-order valence-electron chi connectivity index (χ2n) is 7.24. The van der Waals surface area contributed by atoms with Crippen molar-refractivity contribution >= 4 is 5.69 Å². The third-order valence-electron chi connectivity index (χ3n) is 3.51. The highest BCUT2D eigenvalue weighted by molar-refractivity contribution is 5.62. The minimum Gasteiger partial charge on any atom is -0.490 e. The number of hydrogen-bond acceptors (Lipinski definition) is 3. The van der Waals surface area contributed by atoms with Crippen molar-refractivity contribution in [2.45, 2.75) is 59.3 Å². The smallest absolute Gasteiger partial charge is 0.314 e. The van der Waals surface area contributed by atoms with Gasteiger partial charge in [0.15, 0.2) is 0 Å². The van der Waals surface area contributed by atoms with Gasteiger partial charge in [0.25, 0.3) is 0 Å². The lowest BCUT2D eigenvalue weighted by molar-refractivity contribution is -0.386. The first-order valence-corrected chi connectivity index (χ1v) is 6.78. The molecule has 0 unspecified atom stereocenters. The van der Waals surface area contributed by atoms with Crippen molar-refractivity contribution in [2.24, 2.45) is 0 Å². The minimum atomic E-state index is -0.335. The molecule has 1 rings (SSSR count). The third-order valence-corrected chi connectivity index (χ3v) is 3.51. The van der Waals surface area contributed by atoms with E-state index in [4.69, 9.17) is 4.74 Å². The topological polar surface area (TPSA) is 52.4 Å². The van der Waals surface area contributed by atoms with Crippen LogP contribution < -0.4 is 4.74 Å². The van der Waals surface area contributed by atoms with Crippen molar-refractivity contribution in [1.82, 2.24) is 0 Å². The highest BCUT2D eigenvalue weighted by atomic mass is 16.6. The van der Waals surface area contributed by atoms with Gasteiger partial charge in [-0.05, 0) is 23.3 Å². The Bertz CT molecular complexity index is 534. The Morgan fingerprint density at radius 1 is 1.05 bits per heavy atom. The highest BCUT2D eigenvalue weighted by Crippen LogP contribution is 2.44. The van der Waals surface area contributed by atoms with Crippen molar-refractivity contribution in [3.05, 3.63) is 32.9 Å². The van der Waals surface area contributed by atoms with Crippen LogP contribution in [0.4, 0.5) is 5.69 Å². The lowest BCUT2D eigenvalue weighted by Crippen LogP contribution is -2.20. The van der Waals surface area contributed by atoms with Gasteiger partial charge in [0.05, 0.1) is 12.0 Å². The van der Waals surface area contributed by atoms with Gasteiger partial charge in [-0.2, -0.15) is 0 Å². The summed E-state index contributed by atoms with van der Waals surface area (Å²) < 4.78 is 5.37. The lowest BCUT2D eigenvalue weighted by atomic mass is 9.77. The molecule has 0 saturated carbocycles. The van der Waals surface area contributed by atoms with Crippen molar-refractivity contribution in [3.63, 3.8) is 0 Å². The lowest BCUT2D eigenvalue weighted by Gasteiger charge is -2.28. The van der Waals surface area contributed by atoms with E-state index in [1.165, 1.54) is 7.11 Å². The highest BCUT2D eigenvalue weighted by Gasteiger charge is 2.33. The van der Waals surface area contributed by atoms with Crippen LogP contribution in [0.3, 0.4) is 0 Å². The van der Waals surface area contributed by atoms with Crippen LogP contribution in [0, 0.1) is 17.0 Å². The van der Waals surface area contributed by atoms with Crippen LogP contribution >= 0.6 is 0 Å². The standard InChI is InChI=1S/C16H25NO3/c1-10-11(15(2,3)4)9-12(16(5,6)7)14(20-8)13(10)17(18)19/h9H,1-8H3. The van der Waals surface area contributed by atoms with E-state index in [1.54, 1.807) is 6.92 Å². The molecule has 0 spiro atoms. The van der Waals surface area contributed by atoms with Crippen molar-refractivity contribution in [3.8, 4) is 5.75 Å². The molecule has 0 atom stereocenters. The molecule has 0 heterocycles. The molecule has 0 N–H and O–H groups in total. The summed E-state index contributed by atoms with van der Waals surface area (Å²) >= 11 is 0. The largest absolute Gasteiger partial charge is 0.490 e. The van der Waals surface area contributed by atoms with Crippen molar-refractivity contribution in [1.29, 1.82) is 0 Å². The van der Waals surface area contributed by atoms with E-state index < -0.39 is 0 Å². The Morgan fingerprint density at radius 2 is 1.50 bits per heavy atom. The first kappa shape index (κ1) is 16.5. The molecule has 0 bridgehead atoms. The van der Waals surface area contributed by atoms with Crippen LogP contribution in [0.25, 0.3) is 0 Å². The zero-order valence-corrected chi connectivity index (χ0v) is 13.7. The second kappa shape index (κ2) is 5.08. The first-order valence-electron chi connectivity index (χ1n) is 6.78. The van der Waals surface area contributed by atoms with E-state index in [9.17, 15) is 10.1 Å². The van der Waals surface area contributed by atoms with Gasteiger partial charge in [0.2, 0.25) is 5.75 Å².